The van der Waals surface area contributed by atoms with Crippen LogP contribution in [0.25, 0.3) is 0 Å². The Labute approximate surface area is 317 Å². The minimum Gasteiger partial charge on any atom is -0.494 e. The molecule has 0 aromatic carbocycles. The molecule has 0 fully saturated rings. The van der Waals surface area contributed by atoms with Gasteiger partial charge in [-0.1, -0.05) is 145 Å². The second kappa shape index (κ2) is 38.3. The number of unbranched alkanes of at least 4 members (excludes halogenated alkanes) is 14. The molecular weight excluding hydrogens is 640 g/mol. The van der Waals surface area contributed by atoms with Crippen molar-refractivity contribution in [2.75, 3.05) is 39.6 Å². The lowest BCUT2D eigenvalue weighted by Crippen LogP contribution is -2.34. The van der Waals surface area contributed by atoms with Gasteiger partial charge in [0.25, 0.3) is 0 Å². The van der Waals surface area contributed by atoms with Gasteiger partial charge in [0.05, 0.1) is 26.4 Å². The van der Waals surface area contributed by atoms with E-state index in [0.717, 1.165) is 75.7 Å². The second-order valence-electron chi connectivity index (χ2n) is 14.0. The van der Waals surface area contributed by atoms with E-state index in [-0.39, 0.29) is 0 Å². The van der Waals surface area contributed by atoms with E-state index in [1.165, 1.54) is 89.9 Å². The number of hydrogen-bond acceptors (Lipinski definition) is 7. The van der Waals surface area contributed by atoms with Crippen molar-refractivity contribution in [1.29, 1.82) is 0 Å². The van der Waals surface area contributed by atoms with E-state index in [9.17, 15) is 0 Å². The molecule has 0 aliphatic rings. The van der Waals surface area contributed by atoms with Gasteiger partial charge in [-0.2, -0.15) is 0 Å². The average Bonchev–Trinajstić information content (AvgIpc) is 3.14. The molecule has 0 saturated heterocycles. The van der Waals surface area contributed by atoms with Gasteiger partial charge < -0.3 is 33.2 Å². The summed E-state index contributed by atoms with van der Waals surface area (Å²) in [4.78, 5) is 0. The van der Waals surface area contributed by atoms with Crippen LogP contribution in [0.3, 0.4) is 0 Å². The normalized spacial score (nSPS) is 13.8. The maximum atomic E-state index is 6.89. The lowest BCUT2D eigenvalue weighted by molar-refractivity contribution is -0.242. The van der Waals surface area contributed by atoms with Crippen molar-refractivity contribution >= 4 is 0 Å². The van der Waals surface area contributed by atoms with Crippen LogP contribution in [0.2, 0.25) is 0 Å². The third-order valence-electron chi connectivity index (χ3n) is 8.57. The van der Waals surface area contributed by atoms with E-state index in [2.05, 4.69) is 55.4 Å². The smallest absolute Gasteiger partial charge is 0.223 e. The Morgan fingerprint density at radius 3 is 0.922 bits per heavy atom. The third kappa shape index (κ3) is 26.9. The van der Waals surface area contributed by atoms with Crippen molar-refractivity contribution in [3.05, 3.63) is 23.0 Å². The van der Waals surface area contributed by atoms with Gasteiger partial charge in [0, 0.05) is 26.1 Å². The summed E-state index contributed by atoms with van der Waals surface area (Å²) >= 11 is 0. The molecule has 0 aromatic heterocycles. The minimum absolute atomic E-state index is 0.523. The van der Waals surface area contributed by atoms with Gasteiger partial charge in [0.15, 0.2) is 11.5 Å². The Morgan fingerprint density at radius 1 is 0.314 bits per heavy atom. The molecule has 7 nitrogen and oxygen atoms in total. The van der Waals surface area contributed by atoms with Gasteiger partial charge in [-0.3, -0.25) is 0 Å². The van der Waals surface area contributed by atoms with Crippen LogP contribution in [0, 0.1) is 0 Å². The van der Waals surface area contributed by atoms with Crippen LogP contribution in [-0.2, 0) is 33.2 Å². The molecule has 0 aromatic rings. The molecule has 0 spiro atoms. The van der Waals surface area contributed by atoms with Crippen molar-refractivity contribution in [1.82, 2.24) is 0 Å². The van der Waals surface area contributed by atoms with Crippen molar-refractivity contribution in [2.45, 2.75) is 222 Å². The monoisotopic (exact) mass is 727 g/mol. The van der Waals surface area contributed by atoms with Gasteiger partial charge in [-0.15, -0.1) is 0 Å². The molecule has 7 heteroatoms. The van der Waals surface area contributed by atoms with Crippen molar-refractivity contribution < 1.29 is 33.2 Å². The van der Waals surface area contributed by atoms with E-state index in [1.807, 2.05) is 0 Å². The summed E-state index contributed by atoms with van der Waals surface area (Å²) in [7, 11) is 0. The van der Waals surface area contributed by atoms with Crippen LogP contribution >= 0.6 is 0 Å². The van der Waals surface area contributed by atoms with Gasteiger partial charge in [-0.05, 0) is 51.4 Å². The third-order valence-corrected chi connectivity index (χ3v) is 8.57. The molecule has 51 heavy (non-hydrogen) atoms. The molecule has 0 rings (SSSR count). The Morgan fingerprint density at radius 2 is 0.608 bits per heavy atom. The second-order valence-corrected chi connectivity index (χ2v) is 14.0. The molecule has 0 amide bonds. The fourth-order valence-electron chi connectivity index (χ4n) is 5.72. The van der Waals surface area contributed by atoms with Crippen molar-refractivity contribution in [2.24, 2.45) is 0 Å². The first-order valence-electron chi connectivity index (χ1n) is 21.9. The Balaban J connectivity index is 6.53. The van der Waals surface area contributed by atoms with Crippen LogP contribution in [0.4, 0.5) is 0 Å². The zero-order chi connectivity index (χ0) is 37.6. The fraction of sp³-hybridized carbons (Fsp3) is 0.909. The van der Waals surface area contributed by atoms with Gasteiger partial charge in [-0.25, -0.2) is 0 Å². The Hall–Kier alpha value is -1.44. The van der Waals surface area contributed by atoms with Crippen LogP contribution < -0.4 is 0 Å². The topological polar surface area (TPSA) is 64.6 Å². The summed E-state index contributed by atoms with van der Waals surface area (Å²) in [6.07, 6.45) is 25.4. The molecule has 0 radical (unpaired) electrons. The summed E-state index contributed by atoms with van der Waals surface area (Å²) in [5.41, 5.74) is 0. The summed E-state index contributed by atoms with van der Waals surface area (Å²) in [6, 6.07) is 0. The molecule has 0 aliphatic carbocycles. The van der Waals surface area contributed by atoms with Gasteiger partial charge in [0.2, 0.25) is 12.6 Å². The molecule has 0 heterocycles. The highest BCUT2D eigenvalue weighted by molar-refractivity contribution is 5.09. The van der Waals surface area contributed by atoms with E-state index in [4.69, 9.17) is 33.2 Å². The summed E-state index contributed by atoms with van der Waals surface area (Å²) < 4.78 is 45.8. The molecule has 0 bridgehead atoms. The van der Waals surface area contributed by atoms with E-state index in [0.29, 0.717) is 51.2 Å². The fourth-order valence-corrected chi connectivity index (χ4v) is 5.72. The summed E-state index contributed by atoms with van der Waals surface area (Å²) in [5.74, 6) is 2.96. The highest BCUT2D eigenvalue weighted by atomic mass is 16.8. The SMILES string of the molecule is CCCCCCCCCCC(OCCC)=C(OCCC)C(OCCC)OC(OCCC)C(OCCC)=C(CCCCCCCCCC)OCCC. The predicted molar refractivity (Wildman–Crippen MR) is 215 cm³/mol. The Kier molecular flexibility index (Phi) is 37.2. The highest BCUT2D eigenvalue weighted by Crippen LogP contribution is 2.29. The zero-order valence-corrected chi connectivity index (χ0v) is 35.2. The first kappa shape index (κ1) is 49.6. The summed E-state index contributed by atoms with van der Waals surface area (Å²) in [6.45, 7) is 20.7. The first-order valence-corrected chi connectivity index (χ1v) is 21.9. The first-order chi connectivity index (χ1) is 25.1. The van der Waals surface area contributed by atoms with Crippen molar-refractivity contribution in [3.63, 3.8) is 0 Å². The van der Waals surface area contributed by atoms with Crippen LogP contribution in [0.1, 0.15) is 209 Å². The molecule has 304 valence electrons. The molecule has 2 unspecified atom stereocenters. The lowest BCUT2D eigenvalue weighted by atomic mass is 10.1. The number of hydrogen-bond donors (Lipinski definition) is 0. The number of allylic oxidation sites excluding steroid dienone is 2. The van der Waals surface area contributed by atoms with Gasteiger partial charge in [0.1, 0.15) is 11.5 Å². The average molecular weight is 727 g/mol. The molecular formula is C44H86O7. The maximum Gasteiger partial charge on any atom is 0.223 e. The van der Waals surface area contributed by atoms with E-state index < -0.39 is 12.6 Å². The highest BCUT2D eigenvalue weighted by Gasteiger charge is 2.32. The van der Waals surface area contributed by atoms with Gasteiger partial charge >= 0.3 is 0 Å². The summed E-state index contributed by atoms with van der Waals surface area (Å²) in [5, 5.41) is 0. The molecule has 2 atom stereocenters. The predicted octanol–water partition coefficient (Wildman–Crippen LogP) is 13.7. The number of ether oxygens (including phenoxy) is 7. The molecule has 0 N–H and O–H groups in total. The molecule has 0 aliphatic heterocycles. The van der Waals surface area contributed by atoms with Crippen LogP contribution in [-0.4, -0.2) is 52.2 Å². The van der Waals surface area contributed by atoms with Crippen molar-refractivity contribution in [3.8, 4) is 0 Å². The van der Waals surface area contributed by atoms with E-state index >= 15 is 0 Å². The minimum atomic E-state index is -0.796. The number of rotatable bonds is 40. The van der Waals surface area contributed by atoms with Crippen LogP contribution in [0.5, 0.6) is 0 Å². The Bertz CT molecular complexity index is 732. The van der Waals surface area contributed by atoms with E-state index in [1.54, 1.807) is 0 Å². The van der Waals surface area contributed by atoms with Crippen LogP contribution in [0.15, 0.2) is 23.0 Å². The quantitative estimate of drug-likeness (QED) is 0.0354. The largest absolute Gasteiger partial charge is 0.494 e. The molecule has 0 saturated carbocycles. The maximum absolute atomic E-state index is 6.89. The zero-order valence-electron chi connectivity index (χ0n) is 35.2. The standard InChI is InChI=1S/C44H86O7/c1-9-17-19-21-23-25-27-29-31-39(45-33-11-3)41(47-35-13-5)43(49-37-15-7)51-44(50-38-16-8)42(48-36-14-6)40(46-34-12-4)32-30-28-26-24-22-20-18-10-2/h43-44H,9-38H2,1-8H3. The lowest BCUT2D eigenvalue weighted by Gasteiger charge is -2.30.